The topological polar surface area (TPSA) is 39.4 Å². The highest BCUT2D eigenvalue weighted by Crippen LogP contribution is 2.60. The predicted molar refractivity (Wildman–Crippen MR) is 88.8 cm³/mol. The lowest BCUT2D eigenvalue weighted by atomic mass is 10.1. The summed E-state index contributed by atoms with van der Waals surface area (Å²) >= 11 is 0. The number of allylic oxidation sites excluding steroid dienone is 1. The lowest BCUT2D eigenvalue weighted by Gasteiger charge is -2.03. The van der Waals surface area contributed by atoms with E-state index in [1.54, 1.807) is 20.1 Å². The number of ether oxygens (including phenoxy) is 1. The van der Waals surface area contributed by atoms with Crippen LogP contribution in [0.15, 0.2) is 59.2 Å². The lowest BCUT2D eigenvalue weighted by molar-refractivity contribution is -0.147. The molecule has 0 aliphatic heterocycles. The molecule has 25 heavy (non-hydrogen) atoms. The SMILES string of the molecule is CC1(C)[C@@H](C=C(F)F)[C@@H]1C(=O)OCc1coc(Cc2ccccc2)c1. The lowest BCUT2D eigenvalue weighted by Crippen LogP contribution is -2.10. The zero-order chi connectivity index (χ0) is 18.0. The van der Waals surface area contributed by atoms with Gasteiger partial charge in [-0.2, -0.15) is 8.78 Å². The maximum absolute atomic E-state index is 12.4. The molecule has 0 bridgehead atoms. The molecule has 2 atom stereocenters. The highest BCUT2D eigenvalue weighted by atomic mass is 19.3. The molecule has 0 N–H and O–H groups in total. The minimum Gasteiger partial charge on any atom is -0.469 e. The van der Waals surface area contributed by atoms with Crippen LogP contribution in [0, 0.1) is 17.3 Å². The summed E-state index contributed by atoms with van der Waals surface area (Å²) in [5, 5.41) is 0. The Morgan fingerprint density at radius 3 is 2.64 bits per heavy atom. The molecular weight excluding hydrogens is 326 g/mol. The van der Waals surface area contributed by atoms with Crippen LogP contribution in [0.3, 0.4) is 0 Å². The molecule has 3 rings (SSSR count). The van der Waals surface area contributed by atoms with Crippen molar-refractivity contribution in [1.29, 1.82) is 0 Å². The molecule has 2 aromatic rings. The fourth-order valence-electron chi connectivity index (χ4n) is 3.21. The minimum atomic E-state index is -1.76. The van der Waals surface area contributed by atoms with Crippen molar-refractivity contribution < 1.29 is 22.7 Å². The predicted octanol–water partition coefficient (Wildman–Crippen LogP) is 4.97. The first-order valence-electron chi connectivity index (χ1n) is 8.17. The number of furan rings is 1. The van der Waals surface area contributed by atoms with Gasteiger partial charge in [0.1, 0.15) is 12.4 Å². The largest absolute Gasteiger partial charge is 0.469 e. The summed E-state index contributed by atoms with van der Waals surface area (Å²) < 4.78 is 35.7. The summed E-state index contributed by atoms with van der Waals surface area (Å²) in [6.07, 6.45) is 1.31. The molecular formula is C20H20F2O3. The third kappa shape index (κ3) is 3.98. The third-order valence-corrected chi connectivity index (χ3v) is 4.78. The normalized spacial score (nSPS) is 20.8. The summed E-state index contributed by atoms with van der Waals surface area (Å²) in [5.41, 5.74) is 1.39. The Morgan fingerprint density at radius 2 is 1.96 bits per heavy atom. The molecule has 0 amide bonds. The number of hydrogen-bond acceptors (Lipinski definition) is 3. The average Bonchev–Trinajstić information content (AvgIpc) is 2.90. The van der Waals surface area contributed by atoms with Crippen LogP contribution in [0.5, 0.6) is 0 Å². The quantitative estimate of drug-likeness (QED) is 0.694. The maximum Gasteiger partial charge on any atom is 0.310 e. The Kier molecular flexibility index (Phi) is 4.75. The van der Waals surface area contributed by atoms with E-state index in [2.05, 4.69) is 0 Å². The summed E-state index contributed by atoms with van der Waals surface area (Å²) in [5.74, 6) is -0.657. The molecule has 3 nitrogen and oxygen atoms in total. The molecule has 1 aliphatic rings. The van der Waals surface area contributed by atoms with Crippen molar-refractivity contribution in [1.82, 2.24) is 0 Å². The van der Waals surface area contributed by atoms with Gasteiger partial charge in [-0.05, 0) is 23.1 Å². The summed E-state index contributed by atoms with van der Waals surface area (Å²) in [4.78, 5) is 12.2. The van der Waals surface area contributed by atoms with E-state index >= 15 is 0 Å². The van der Waals surface area contributed by atoms with Gasteiger partial charge in [0.25, 0.3) is 6.08 Å². The van der Waals surface area contributed by atoms with E-state index in [-0.39, 0.29) is 6.61 Å². The second-order valence-electron chi connectivity index (χ2n) is 6.97. The van der Waals surface area contributed by atoms with E-state index in [0.29, 0.717) is 6.42 Å². The van der Waals surface area contributed by atoms with Crippen LogP contribution in [-0.4, -0.2) is 5.97 Å². The van der Waals surface area contributed by atoms with Crippen molar-refractivity contribution >= 4 is 5.97 Å². The Bertz CT molecular complexity index is 773. The zero-order valence-electron chi connectivity index (χ0n) is 14.2. The Hall–Kier alpha value is -2.43. The molecule has 1 aromatic carbocycles. The summed E-state index contributed by atoms with van der Waals surface area (Å²) in [7, 11) is 0. The van der Waals surface area contributed by atoms with E-state index in [1.807, 2.05) is 36.4 Å². The van der Waals surface area contributed by atoms with E-state index in [4.69, 9.17) is 9.15 Å². The van der Waals surface area contributed by atoms with E-state index in [9.17, 15) is 13.6 Å². The number of halogens is 2. The van der Waals surface area contributed by atoms with Gasteiger partial charge >= 0.3 is 5.97 Å². The highest BCUT2D eigenvalue weighted by molar-refractivity contribution is 5.78. The Balaban J connectivity index is 1.54. The molecule has 0 spiro atoms. The molecule has 0 unspecified atom stereocenters. The van der Waals surface area contributed by atoms with Gasteiger partial charge in [-0.1, -0.05) is 44.2 Å². The molecule has 0 saturated heterocycles. The van der Waals surface area contributed by atoms with Gasteiger partial charge in [0.05, 0.1) is 12.2 Å². The minimum absolute atomic E-state index is 0.0816. The van der Waals surface area contributed by atoms with E-state index < -0.39 is 29.3 Å². The van der Waals surface area contributed by atoms with Crippen LogP contribution in [0.1, 0.15) is 30.7 Å². The molecule has 132 valence electrons. The van der Waals surface area contributed by atoms with E-state index in [1.165, 1.54) is 0 Å². The van der Waals surface area contributed by atoms with Crippen LogP contribution in [-0.2, 0) is 22.6 Å². The molecule has 0 radical (unpaired) electrons. The highest BCUT2D eigenvalue weighted by Gasteiger charge is 2.61. The van der Waals surface area contributed by atoms with Crippen LogP contribution < -0.4 is 0 Å². The average molecular weight is 346 g/mol. The Morgan fingerprint density at radius 1 is 1.24 bits per heavy atom. The number of benzene rings is 1. The van der Waals surface area contributed by atoms with Crippen molar-refractivity contribution in [3.63, 3.8) is 0 Å². The van der Waals surface area contributed by atoms with Crippen molar-refractivity contribution in [3.8, 4) is 0 Å². The Labute approximate surface area is 145 Å². The number of carbonyl (C=O) groups is 1. The van der Waals surface area contributed by atoms with Gasteiger partial charge in [0, 0.05) is 17.9 Å². The van der Waals surface area contributed by atoms with Gasteiger partial charge in [-0.25, -0.2) is 0 Å². The summed E-state index contributed by atoms with van der Waals surface area (Å²) in [6.45, 7) is 3.66. The first kappa shape index (κ1) is 17.4. The standard InChI is InChI=1S/C20H20F2O3/c1-20(2)16(10-17(21)22)18(20)19(23)25-12-14-9-15(24-11-14)8-13-6-4-3-5-7-13/h3-7,9-11,16,18H,8,12H2,1-2H3/t16-,18+/m0/s1. The second-order valence-corrected chi connectivity index (χ2v) is 6.97. The third-order valence-electron chi connectivity index (χ3n) is 4.78. The molecule has 5 heteroatoms. The number of hydrogen-bond donors (Lipinski definition) is 0. The fourth-order valence-corrected chi connectivity index (χ4v) is 3.21. The van der Waals surface area contributed by atoms with Crippen LogP contribution in [0.4, 0.5) is 8.78 Å². The van der Waals surface area contributed by atoms with Crippen molar-refractivity contribution in [2.75, 3.05) is 0 Å². The molecule has 1 heterocycles. The van der Waals surface area contributed by atoms with Crippen molar-refractivity contribution in [2.24, 2.45) is 17.3 Å². The first-order valence-corrected chi connectivity index (χ1v) is 8.17. The summed E-state index contributed by atoms with van der Waals surface area (Å²) in [6, 6.07) is 11.7. The molecule has 1 fully saturated rings. The van der Waals surface area contributed by atoms with Gasteiger partial charge in [-0.3, -0.25) is 4.79 Å². The van der Waals surface area contributed by atoms with Crippen LogP contribution in [0.25, 0.3) is 0 Å². The van der Waals surface area contributed by atoms with Gasteiger partial charge in [0.2, 0.25) is 0 Å². The first-order chi connectivity index (χ1) is 11.9. The van der Waals surface area contributed by atoms with Crippen molar-refractivity contribution in [3.05, 3.63) is 71.7 Å². The monoisotopic (exact) mass is 346 g/mol. The fraction of sp³-hybridized carbons (Fsp3) is 0.350. The number of esters is 1. The number of carbonyl (C=O) groups excluding carboxylic acids is 1. The molecule has 1 aliphatic carbocycles. The molecule has 1 saturated carbocycles. The van der Waals surface area contributed by atoms with Crippen LogP contribution >= 0.6 is 0 Å². The van der Waals surface area contributed by atoms with Gasteiger partial charge in [-0.15, -0.1) is 0 Å². The van der Waals surface area contributed by atoms with E-state index in [0.717, 1.165) is 23.0 Å². The molecule has 1 aromatic heterocycles. The number of rotatable bonds is 6. The van der Waals surface area contributed by atoms with Gasteiger partial charge in [0.15, 0.2) is 0 Å². The van der Waals surface area contributed by atoms with Crippen LogP contribution in [0.2, 0.25) is 0 Å². The zero-order valence-corrected chi connectivity index (χ0v) is 14.2. The maximum atomic E-state index is 12.4. The van der Waals surface area contributed by atoms with Gasteiger partial charge < -0.3 is 9.15 Å². The second kappa shape index (κ2) is 6.82. The smallest absolute Gasteiger partial charge is 0.310 e. The van der Waals surface area contributed by atoms with Crippen molar-refractivity contribution in [2.45, 2.75) is 26.9 Å².